The molecule has 0 aliphatic heterocycles. The molecule has 92 valence electrons. The molecule has 0 atom stereocenters. The second kappa shape index (κ2) is 3.04. The Hall–Kier alpha value is -1.05. The molecule has 0 bridgehead atoms. The Bertz CT molecular complexity index is 454. The summed E-state index contributed by atoms with van der Waals surface area (Å²) in [5.74, 6) is -0.519. The van der Waals surface area contributed by atoms with Crippen LogP contribution in [0.4, 0.5) is 4.39 Å². The van der Waals surface area contributed by atoms with Gasteiger partial charge in [0.05, 0.1) is 0 Å². The molecule has 2 heteroatoms. The number of hydrogen-bond acceptors (Lipinski definition) is 1. The number of phenolic OH excluding ortho intramolecular Hbond substituents is 1. The summed E-state index contributed by atoms with van der Waals surface area (Å²) in [6.45, 7) is 6.08. The SMILES string of the molecule is Cc1c(C2(C)CC2)cc(C2(C)CC2)c(O)c1F. The van der Waals surface area contributed by atoms with E-state index in [4.69, 9.17) is 0 Å². The van der Waals surface area contributed by atoms with E-state index >= 15 is 0 Å². The molecular formula is C15H19FO. The van der Waals surface area contributed by atoms with Gasteiger partial charge in [-0.15, -0.1) is 0 Å². The largest absolute Gasteiger partial charge is 0.505 e. The lowest BCUT2D eigenvalue weighted by Gasteiger charge is -2.20. The quantitative estimate of drug-likeness (QED) is 0.821. The zero-order valence-electron chi connectivity index (χ0n) is 10.7. The van der Waals surface area contributed by atoms with Crippen LogP contribution in [0.5, 0.6) is 5.75 Å². The average Bonchev–Trinajstić information content (AvgIpc) is 3.17. The third-order valence-corrected chi connectivity index (χ3v) is 4.79. The highest BCUT2D eigenvalue weighted by Gasteiger charge is 2.46. The molecule has 1 nitrogen and oxygen atoms in total. The fourth-order valence-corrected chi connectivity index (χ4v) is 2.74. The van der Waals surface area contributed by atoms with Gasteiger partial charge in [-0.1, -0.05) is 19.9 Å². The van der Waals surface area contributed by atoms with E-state index in [0.717, 1.165) is 36.8 Å². The van der Waals surface area contributed by atoms with Gasteiger partial charge in [0.2, 0.25) is 0 Å². The topological polar surface area (TPSA) is 20.2 Å². The van der Waals surface area contributed by atoms with E-state index in [2.05, 4.69) is 19.9 Å². The van der Waals surface area contributed by atoms with E-state index in [1.54, 1.807) is 6.92 Å². The molecule has 17 heavy (non-hydrogen) atoms. The highest BCUT2D eigenvalue weighted by atomic mass is 19.1. The zero-order chi connectivity index (χ0) is 12.4. The normalized spacial score (nSPS) is 23.5. The molecular weight excluding hydrogens is 215 g/mol. The van der Waals surface area contributed by atoms with E-state index in [9.17, 15) is 9.50 Å². The molecule has 0 aromatic heterocycles. The van der Waals surface area contributed by atoms with Gasteiger partial charge in [0.15, 0.2) is 11.6 Å². The first-order chi connectivity index (χ1) is 7.87. The van der Waals surface area contributed by atoms with Crippen molar-refractivity contribution in [1.82, 2.24) is 0 Å². The van der Waals surface area contributed by atoms with Crippen molar-refractivity contribution in [2.75, 3.05) is 0 Å². The summed E-state index contributed by atoms with van der Waals surface area (Å²) in [5, 5.41) is 9.99. The van der Waals surface area contributed by atoms with Crippen LogP contribution < -0.4 is 0 Å². The van der Waals surface area contributed by atoms with Crippen molar-refractivity contribution >= 4 is 0 Å². The fraction of sp³-hybridized carbons (Fsp3) is 0.600. The molecule has 3 rings (SSSR count). The molecule has 2 aliphatic rings. The van der Waals surface area contributed by atoms with Gasteiger partial charge in [0, 0.05) is 5.56 Å². The molecule has 1 aromatic rings. The highest BCUT2D eigenvalue weighted by Crippen LogP contribution is 2.55. The van der Waals surface area contributed by atoms with Crippen molar-refractivity contribution in [1.29, 1.82) is 0 Å². The number of phenols is 1. The van der Waals surface area contributed by atoms with Gasteiger partial charge >= 0.3 is 0 Å². The van der Waals surface area contributed by atoms with Crippen LogP contribution in [0.15, 0.2) is 6.07 Å². The number of rotatable bonds is 2. The van der Waals surface area contributed by atoms with E-state index < -0.39 is 5.82 Å². The van der Waals surface area contributed by atoms with Crippen LogP contribution in [-0.4, -0.2) is 5.11 Å². The summed E-state index contributed by atoms with van der Waals surface area (Å²) < 4.78 is 14.1. The lowest BCUT2D eigenvalue weighted by molar-refractivity contribution is 0.416. The summed E-state index contributed by atoms with van der Waals surface area (Å²) in [4.78, 5) is 0. The second-order valence-corrected chi connectivity index (χ2v) is 6.38. The third-order valence-electron chi connectivity index (χ3n) is 4.79. The molecule has 2 aliphatic carbocycles. The Balaban J connectivity index is 2.20. The number of aromatic hydroxyl groups is 1. The maximum atomic E-state index is 14.1. The van der Waals surface area contributed by atoms with Crippen LogP contribution in [0.2, 0.25) is 0 Å². The fourth-order valence-electron chi connectivity index (χ4n) is 2.74. The average molecular weight is 234 g/mol. The Labute approximate surface area is 102 Å². The first kappa shape index (κ1) is 11.1. The highest BCUT2D eigenvalue weighted by molar-refractivity contribution is 5.52. The Morgan fingerprint density at radius 1 is 1.06 bits per heavy atom. The minimum absolute atomic E-state index is 0.0125. The molecule has 2 fully saturated rings. The van der Waals surface area contributed by atoms with Gasteiger partial charge < -0.3 is 5.11 Å². The summed E-state index contributed by atoms with van der Waals surface area (Å²) in [6, 6.07) is 2.06. The van der Waals surface area contributed by atoms with Gasteiger partial charge in [-0.05, 0) is 54.6 Å². The first-order valence-corrected chi connectivity index (χ1v) is 6.40. The monoisotopic (exact) mass is 234 g/mol. The number of hydrogen-bond donors (Lipinski definition) is 1. The number of benzene rings is 1. The van der Waals surface area contributed by atoms with Crippen molar-refractivity contribution in [3.8, 4) is 5.75 Å². The zero-order valence-corrected chi connectivity index (χ0v) is 10.7. The Morgan fingerprint density at radius 3 is 2.00 bits per heavy atom. The second-order valence-electron chi connectivity index (χ2n) is 6.38. The molecule has 0 amide bonds. The predicted octanol–water partition coefficient (Wildman–Crippen LogP) is 3.94. The molecule has 0 saturated heterocycles. The van der Waals surface area contributed by atoms with Gasteiger partial charge in [0.25, 0.3) is 0 Å². The summed E-state index contributed by atoms with van der Waals surface area (Å²) in [6.07, 6.45) is 4.38. The summed E-state index contributed by atoms with van der Waals surface area (Å²) in [7, 11) is 0. The van der Waals surface area contributed by atoms with Crippen molar-refractivity contribution in [3.63, 3.8) is 0 Å². The van der Waals surface area contributed by atoms with Gasteiger partial charge in [0.1, 0.15) is 0 Å². The van der Waals surface area contributed by atoms with Crippen LogP contribution in [0.25, 0.3) is 0 Å². The molecule has 1 aromatic carbocycles. The van der Waals surface area contributed by atoms with E-state index in [-0.39, 0.29) is 16.6 Å². The first-order valence-electron chi connectivity index (χ1n) is 6.40. The lowest BCUT2D eigenvalue weighted by Crippen LogP contribution is -2.10. The molecule has 0 radical (unpaired) electrons. The van der Waals surface area contributed by atoms with Gasteiger partial charge in [-0.2, -0.15) is 0 Å². The van der Waals surface area contributed by atoms with Crippen molar-refractivity contribution in [3.05, 3.63) is 28.6 Å². The Morgan fingerprint density at radius 2 is 1.53 bits per heavy atom. The lowest BCUT2D eigenvalue weighted by atomic mass is 9.86. The van der Waals surface area contributed by atoms with Gasteiger partial charge in [-0.25, -0.2) is 4.39 Å². The molecule has 0 spiro atoms. The van der Waals surface area contributed by atoms with Crippen molar-refractivity contribution in [2.45, 2.75) is 57.3 Å². The minimum Gasteiger partial charge on any atom is -0.505 e. The smallest absolute Gasteiger partial charge is 0.168 e. The molecule has 0 heterocycles. The minimum atomic E-state index is -0.404. The van der Waals surface area contributed by atoms with Crippen molar-refractivity contribution in [2.24, 2.45) is 0 Å². The van der Waals surface area contributed by atoms with Gasteiger partial charge in [-0.3, -0.25) is 0 Å². The number of halogens is 1. The predicted molar refractivity (Wildman–Crippen MR) is 66.0 cm³/mol. The maximum Gasteiger partial charge on any atom is 0.168 e. The Kier molecular flexibility index (Phi) is 1.98. The van der Waals surface area contributed by atoms with Crippen LogP contribution in [0.3, 0.4) is 0 Å². The van der Waals surface area contributed by atoms with E-state index in [0.29, 0.717) is 5.56 Å². The van der Waals surface area contributed by atoms with E-state index in [1.165, 1.54) is 0 Å². The standard InChI is InChI=1S/C15H19FO/c1-9-10(14(2)4-5-14)8-11(13(17)12(9)16)15(3)6-7-15/h8,17H,4-7H2,1-3H3. The molecule has 0 unspecified atom stereocenters. The van der Waals surface area contributed by atoms with Crippen LogP contribution in [0.1, 0.15) is 56.2 Å². The molecule has 1 N–H and O–H groups in total. The maximum absolute atomic E-state index is 14.1. The third kappa shape index (κ3) is 1.50. The van der Waals surface area contributed by atoms with Crippen LogP contribution in [0, 0.1) is 12.7 Å². The van der Waals surface area contributed by atoms with Crippen LogP contribution >= 0.6 is 0 Å². The van der Waals surface area contributed by atoms with Crippen LogP contribution in [-0.2, 0) is 10.8 Å². The molecule has 2 saturated carbocycles. The van der Waals surface area contributed by atoms with E-state index in [1.807, 2.05) is 0 Å². The van der Waals surface area contributed by atoms with Crippen molar-refractivity contribution < 1.29 is 9.50 Å². The summed E-state index contributed by atoms with van der Waals surface area (Å²) in [5.41, 5.74) is 2.73. The summed E-state index contributed by atoms with van der Waals surface area (Å²) >= 11 is 0.